The predicted molar refractivity (Wildman–Crippen MR) is 107 cm³/mol. The first-order valence-electron chi connectivity index (χ1n) is 8.91. The average Bonchev–Trinajstić information content (AvgIpc) is 3.11. The van der Waals surface area contributed by atoms with Crippen LogP contribution < -0.4 is 0 Å². The summed E-state index contributed by atoms with van der Waals surface area (Å²) >= 11 is 12.0. The van der Waals surface area contributed by atoms with Crippen LogP contribution in [0.1, 0.15) is 37.7 Å². The lowest BCUT2D eigenvalue weighted by molar-refractivity contribution is -0.135. The number of hydrogen-bond acceptors (Lipinski definition) is 3. The maximum atomic E-state index is 12.8. The summed E-state index contributed by atoms with van der Waals surface area (Å²) < 4.78 is 0. The van der Waals surface area contributed by atoms with Gasteiger partial charge in [-0.25, -0.2) is 0 Å². The van der Waals surface area contributed by atoms with E-state index in [0.717, 1.165) is 25.1 Å². The van der Waals surface area contributed by atoms with Crippen molar-refractivity contribution < 1.29 is 9.59 Å². The summed E-state index contributed by atoms with van der Waals surface area (Å²) in [6.07, 6.45) is 4.63. The van der Waals surface area contributed by atoms with E-state index in [2.05, 4.69) is 4.90 Å². The molecule has 3 rings (SSSR count). The Hall–Kier alpha value is -0.810. The number of Topliss-reactive ketones (excluding diaryl/α,β-unsaturated/α-hetero) is 1. The third kappa shape index (κ3) is 4.92. The maximum Gasteiger partial charge on any atom is 0.227 e. The van der Waals surface area contributed by atoms with Gasteiger partial charge < -0.3 is 4.90 Å². The number of rotatable bonds is 4. The molecule has 2 atom stereocenters. The molecule has 144 valence electrons. The number of halogens is 3. The van der Waals surface area contributed by atoms with Crippen LogP contribution >= 0.6 is 35.6 Å². The number of nitrogens with zero attached hydrogens (tertiary/aromatic N) is 2. The molecule has 0 spiro atoms. The van der Waals surface area contributed by atoms with Gasteiger partial charge in [0.2, 0.25) is 5.91 Å². The van der Waals surface area contributed by atoms with Crippen molar-refractivity contribution in [2.45, 2.75) is 50.6 Å². The lowest BCUT2D eigenvalue weighted by Gasteiger charge is -2.42. The molecule has 0 radical (unpaired) electrons. The minimum absolute atomic E-state index is 0. The van der Waals surface area contributed by atoms with E-state index >= 15 is 0 Å². The van der Waals surface area contributed by atoms with Crippen molar-refractivity contribution in [2.75, 3.05) is 20.1 Å². The van der Waals surface area contributed by atoms with Crippen molar-refractivity contribution in [1.29, 1.82) is 0 Å². The molecule has 1 aromatic rings. The van der Waals surface area contributed by atoms with Crippen LogP contribution in [0.4, 0.5) is 0 Å². The number of likely N-dealkylation sites (N-methyl/N-ethyl adjacent to an activating group) is 1. The van der Waals surface area contributed by atoms with Gasteiger partial charge in [-0.05, 0) is 50.0 Å². The van der Waals surface area contributed by atoms with Crippen molar-refractivity contribution in [3.05, 3.63) is 33.8 Å². The molecule has 1 saturated heterocycles. The highest BCUT2D eigenvalue weighted by atomic mass is 35.5. The van der Waals surface area contributed by atoms with E-state index in [0.29, 0.717) is 28.9 Å². The van der Waals surface area contributed by atoms with Gasteiger partial charge in [-0.3, -0.25) is 14.5 Å². The van der Waals surface area contributed by atoms with Crippen LogP contribution in [0.25, 0.3) is 0 Å². The Morgan fingerprint density at radius 1 is 1.23 bits per heavy atom. The normalized spacial score (nSPS) is 23.6. The maximum absolute atomic E-state index is 12.8. The summed E-state index contributed by atoms with van der Waals surface area (Å²) in [5.41, 5.74) is 0.839. The Bertz CT molecular complexity index is 662. The van der Waals surface area contributed by atoms with Crippen LogP contribution in [0, 0.1) is 0 Å². The quantitative estimate of drug-likeness (QED) is 0.740. The summed E-state index contributed by atoms with van der Waals surface area (Å²) in [7, 11) is 1.83. The van der Waals surface area contributed by atoms with Gasteiger partial charge in [-0.2, -0.15) is 0 Å². The van der Waals surface area contributed by atoms with Crippen LogP contribution in [0.15, 0.2) is 18.2 Å². The number of benzene rings is 1. The Morgan fingerprint density at radius 3 is 2.58 bits per heavy atom. The summed E-state index contributed by atoms with van der Waals surface area (Å²) in [6, 6.07) is 5.53. The Labute approximate surface area is 171 Å². The predicted octanol–water partition coefficient (Wildman–Crippen LogP) is 4.00. The molecule has 1 aliphatic heterocycles. The lowest BCUT2D eigenvalue weighted by atomic mass is 9.87. The van der Waals surface area contributed by atoms with Gasteiger partial charge in [-0.1, -0.05) is 29.3 Å². The number of hydrogen-bond donors (Lipinski definition) is 0. The molecular weight excluding hydrogens is 395 g/mol. The van der Waals surface area contributed by atoms with Crippen LogP contribution in [0.3, 0.4) is 0 Å². The molecule has 0 unspecified atom stereocenters. The zero-order valence-corrected chi connectivity index (χ0v) is 17.2. The molecule has 1 amide bonds. The fourth-order valence-corrected chi connectivity index (χ4v) is 4.32. The van der Waals surface area contributed by atoms with Gasteiger partial charge in [0.05, 0.1) is 22.5 Å². The number of likely N-dealkylation sites (tertiary alicyclic amines) is 1. The zero-order chi connectivity index (χ0) is 18.0. The Kier molecular flexibility index (Phi) is 7.77. The molecule has 0 aromatic heterocycles. The number of amides is 1. The van der Waals surface area contributed by atoms with E-state index in [1.807, 2.05) is 13.1 Å². The second-order valence-corrected chi connectivity index (χ2v) is 7.90. The van der Waals surface area contributed by atoms with Crippen molar-refractivity contribution in [2.24, 2.45) is 0 Å². The highest BCUT2D eigenvalue weighted by Crippen LogP contribution is 2.28. The van der Waals surface area contributed by atoms with Gasteiger partial charge in [0.15, 0.2) is 0 Å². The van der Waals surface area contributed by atoms with Gasteiger partial charge >= 0.3 is 0 Å². The Morgan fingerprint density at radius 2 is 1.92 bits per heavy atom. The van der Waals surface area contributed by atoms with Crippen LogP contribution in [-0.2, 0) is 16.0 Å². The molecular formula is C19H25Cl3N2O2. The molecule has 1 heterocycles. The topological polar surface area (TPSA) is 40.6 Å². The largest absolute Gasteiger partial charge is 0.340 e. The molecule has 0 N–H and O–H groups in total. The van der Waals surface area contributed by atoms with Gasteiger partial charge in [-0.15, -0.1) is 12.4 Å². The van der Waals surface area contributed by atoms with Gasteiger partial charge in [0.1, 0.15) is 5.78 Å². The molecule has 1 aromatic carbocycles. The van der Waals surface area contributed by atoms with Gasteiger partial charge in [0.25, 0.3) is 0 Å². The van der Waals surface area contributed by atoms with E-state index in [4.69, 9.17) is 23.2 Å². The Balaban J connectivity index is 0.00000243. The average molecular weight is 420 g/mol. The zero-order valence-electron chi connectivity index (χ0n) is 14.9. The first-order valence-corrected chi connectivity index (χ1v) is 9.66. The van der Waals surface area contributed by atoms with Crippen molar-refractivity contribution >= 4 is 47.3 Å². The first-order chi connectivity index (χ1) is 12.0. The molecule has 7 heteroatoms. The fraction of sp³-hybridized carbons (Fsp3) is 0.579. The van der Waals surface area contributed by atoms with Crippen molar-refractivity contribution in [1.82, 2.24) is 9.80 Å². The third-order valence-electron chi connectivity index (χ3n) is 5.44. The first kappa shape index (κ1) is 21.5. The summed E-state index contributed by atoms with van der Waals surface area (Å²) in [6.45, 7) is 2.15. The van der Waals surface area contributed by atoms with Crippen molar-refractivity contribution in [3.8, 4) is 0 Å². The van der Waals surface area contributed by atoms with E-state index in [-0.39, 0.29) is 36.6 Å². The standard InChI is InChI=1S/C19H24Cl2N2O2.ClH/c1-22(19(25)11-13-4-6-15(20)16(21)10-13)18-12-14(24)5-7-17(18)23-8-2-3-9-23;/h4,6,10,17-18H,2-3,5,7-9,11-12H2,1H3;1H/t17-,18-;/m1./s1. The lowest BCUT2D eigenvalue weighted by Crippen LogP contribution is -2.55. The van der Waals surface area contributed by atoms with E-state index in [1.54, 1.807) is 17.0 Å². The SMILES string of the molecule is CN(C(=O)Cc1ccc(Cl)c(Cl)c1)[C@@H]1CC(=O)CC[C@H]1N1CCCC1.Cl. The highest BCUT2D eigenvalue weighted by Gasteiger charge is 2.38. The van der Waals surface area contributed by atoms with E-state index < -0.39 is 0 Å². The van der Waals surface area contributed by atoms with Crippen LogP contribution in [0.5, 0.6) is 0 Å². The molecule has 1 aliphatic carbocycles. The van der Waals surface area contributed by atoms with Crippen LogP contribution in [-0.4, -0.2) is 53.7 Å². The molecule has 0 bridgehead atoms. The molecule has 4 nitrogen and oxygen atoms in total. The highest BCUT2D eigenvalue weighted by molar-refractivity contribution is 6.42. The second-order valence-electron chi connectivity index (χ2n) is 7.09. The molecule has 26 heavy (non-hydrogen) atoms. The summed E-state index contributed by atoms with van der Waals surface area (Å²) in [5.74, 6) is 0.275. The molecule has 2 fully saturated rings. The fourth-order valence-electron chi connectivity index (χ4n) is 4.00. The minimum Gasteiger partial charge on any atom is -0.340 e. The summed E-state index contributed by atoms with van der Waals surface area (Å²) in [4.78, 5) is 29.0. The minimum atomic E-state index is -0.0328. The number of carbonyl (C=O) groups excluding carboxylic acids is 2. The summed E-state index contributed by atoms with van der Waals surface area (Å²) in [5, 5.41) is 0.940. The van der Waals surface area contributed by atoms with E-state index in [1.165, 1.54) is 12.8 Å². The molecule has 1 saturated carbocycles. The van der Waals surface area contributed by atoms with E-state index in [9.17, 15) is 9.59 Å². The number of ketones is 1. The monoisotopic (exact) mass is 418 g/mol. The number of carbonyl (C=O) groups is 2. The third-order valence-corrected chi connectivity index (χ3v) is 6.18. The van der Waals surface area contributed by atoms with Gasteiger partial charge in [0, 0.05) is 25.9 Å². The van der Waals surface area contributed by atoms with Crippen molar-refractivity contribution in [3.63, 3.8) is 0 Å². The smallest absolute Gasteiger partial charge is 0.227 e. The van der Waals surface area contributed by atoms with Crippen LogP contribution in [0.2, 0.25) is 10.0 Å². The second kappa shape index (κ2) is 9.41. The molecule has 2 aliphatic rings.